The van der Waals surface area contributed by atoms with Gasteiger partial charge in [-0.05, 0) is 50.6 Å². The number of pyridine rings is 1. The number of nitrogens with one attached hydrogen (secondary N) is 3. The van der Waals surface area contributed by atoms with E-state index in [2.05, 4.69) is 25.8 Å². The number of imidazole rings is 1. The van der Waals surface area contributed by atoms with Crippen LogP contribution < -0.4 is 20.7 Å². The number of anilines is 1. The molecule has 3 amide bonds. The summed E-state index contributed by atoms with van der Waals surface area (Å²) in [6.07, 6.45) is 5.20. The number of nitrogens with zero attached hydrogens (tertiary/aromatic N) is 5. The molecule has 0 unspecified atom stereocenters. The second-order valence-corrected chi connectivity index (χ2v) is 15.1. The minimum absolute atomic E-state index is 0.0437. The van der Waals surface area contributed by atoms with Crippen molar-refractivity contribution in [3.05, 3.63) is 81.5 Å². The third kappa shape index (κ3) is 8.36. The first-order valence-corrected chi connectivity index (χ1v) is 19.5. The van der Waals surface area contributed by atoms with Crippen LogP contribution in [0.2, 0.25) is 10.0 Å². The minimum Gasteiger partial charge on any atom is -0.496 e. The fourth-order valence-electron chi connectivity index (χ4n) is 7.84. The number of β-amino-alcohol motifs (C(OH)–C–C–N with tert-alkyl or cyclic N) is 1. The number of piperidine rings is 1. The fourth-order valence-corrected chi connectivity index (χ4v) is 8.44. The van der Waals surface area contributed by atoms with Gasteiger partial charge in [0, 0.05) is 92.2 Å². The van der Waals surface area contributed by atoms with Gasteiger partial charge in [0.1, 0.15) is 5.75 Å². The number of aliphatic hydroxyl groups is 1. The van der Waals surface area contributed by atoms with Crippen molar-refractivity contribution in [1.82, 2.24) is 35.0 Å². The van der Waals surface area contributed by atoms with Crippen molar-refractivity contribution in [2.75, 3.05) is 51.8 Å². The smallest absolute Gasteiger partial charge is 0.291 e. The topological polar surface area (TPSA) is 154 Å². The third-order valence-corrected chi connectivity index (χ3v) is 11.7. The van der Waals surface area contributed by atoms with Crippen molar-refractivity contribution >= 4 is 46.6 Å². The maximum atomic E-state index is 13.7. The summed E-state index contributed by atoms with van der Waals surface area (Å²) in [4.78, 5) is 52.0. The molecule has 0 aliphatic carbocycles. The molecule has 0 radical (unpaired) electrons. The van der Waals surface area contributed by atoms with Crippen LogP contribution in [0.25, 0.3) is 22.4 Å². The molecule has 3 aliphatic heterocycles. The van der Waals surface area contributed by atoms with Crippen LogP contribution in [0.3, 0.4) is 0 Å². The maximum Gasteiger partial charge on any atom is 0.291 e. The highest BCUT2D eigenvalue weighted by Gasteiger charge is 2.33. The minimum atomic E-state index is -0.415. The van der Waals surface area contributed by atoms with Crippen LogP contribution in [-0.4, -0.2) is 99.6 Å². The van der Waals surface area contributed by atoms with Crippen LogP contribution in [0.1, 0.15) is 53.3 Å². The van der Waals surface area contributed by atoms with E-state index in [0.717, 1.165) is 54.9 Å². The van der Waals surface area contributed by atoms with Gasteiger partial charge in [0.2, 0.25) is 11.8 Å². The van der Waals surface area contributed by atoms with Gasteiger partial charge < -0.3 is 40.2 Å². The molecule has 0 saturated carbocycles. The molecule has 3 aliphatic rings. The van der Waals surface area contributed by atoms with Crippen molar-refractivity contribution in [2.24, 2.45) is 13.0 Å². The average molecular weight is 790 g/mol. The van der Waals surface area contributed by atoms with Crippen molar-refractivity contribution in [2.45, 2.75) is 51.2 Å². The molecule has 55 heavy (non-hydrogen) atoms. The van der Waals surface area contributed by atoms with Crippen molar-refractivity contribution in [3.63, 3.8) is 0 Å². The number of amides is 3. The summed E-state index contributed by atoms with van der Waals surface area (Å²) >= 11 is 14.0. The molecule has 2 aromatic heterocycles. The number of benzene rings is 2. The van der Waals surface area contributed by atoms with Crippen LogP contribution in [0.4, 0.5) is 5.69 Å². The van der Waals surface area contributed by atoms with Crippen molar-refractivity contribution in [1.29, 1.82) is 0 Å². The predicted molar refractivity (Wildman–Crippen MR) is 211 cm³/mol. The quantitative estimate of drug-likeness (QED) is 0.160. The molecular weight excluding hydrogens is 743 g/mol. The summed E-state index contributed by atoms with van der Waals surface area (Å²) in [5, 5.41) is 19.3. The predicted octanol–water partition coefficient (Wildman–Crippen LogP) is 4.67. The van der Waals surface area contributed by atoms with E-state index >= 15 is 0 Å². The molecule has 4 N–H and O–H groups in total. The van der Waals surface area contributed by atoms with E-state index in [4.69, 9.17) is 32.9 Å². The van der Waals surface area contributed by atoms with Crippen LogP contribution >= 0.6 is 23.2 Å². The Kier molecular flexibility index (Phi) is 12.0. The first-order chi connectivity index (χ1) is 26.6. The van der Waals surface area contributed by atoms with Gasteiger partial charge in [-0.3, -0.25) is 19.4 Å². The highest BCUT2D eigenvalue weighted by molar-refractivity contribution is 6.39. The average Bonchev–Trinajstić information content (AvgIpc) is 3.77. The molecule has 2 fully saturated rings. The number of hydrogen-bond acceptors (Lipinski definition) is 9. The lowest BCUT2D eigenvalue weighted by atomic mass is 9.94. The monoisotopic (exact) mass is 788 g/mol. The van der Waals surface area contributed by atoms with Crippen LogP contribution in [0.15, 0.2) is 48.7 Å². The van der Waals surface area contributed by atoms with Gasteiger partial charge in [-0.1, -0.05) is 47.5 Å². The normalized spacial score (nSPS) is 17.6. The number of aromatic nitrogens is 3. The number of aliphatic hydroxyl groups excluding tert-OH is 1. The number of fused-ring (bicyclic) bond motifs is 1. The summed E-state index contributed by atoms with van der Waals surface area (Å²) < 4.78 is 7.52. The summed E-state index contributed by atoms with van der Waals surface area (Å²) in [6.45, 7) is 4.53. The van der Waals surface area contributed by atoms with Gasteiger partial charge >= 0.3 is 0 Å². The summed E-state index contributed by atoms with van der Waals surface area (Å²) in [5.41, 5.74) is 5.60. The zero-order valence-electron chi connectivity index (χ0n) is 31.0. The van der Waals surface area contributed by atoms with Crippen molar-refractivity contribution in [3.8, 4) is 28.1 Å². The van der Waals surface area contributed by atoms with Gasteiger partial charge in [-0.15, -0.1) is 0 Å². The number of likely N-dealkylation sites (tertiary alicyclic amines) is 1. The van der Waals surface area contributed by atoms with Crippen LogP contribution in [0, 0.1) is 5.92 Å². The molecule has 2 saturated heterocycles. The van der Waals surface area contributed by atoms with E-state index < -0.39 is 5.91 Å². The third-order valence-electron chi connectivity index (χ3n) is 10.9. The largest absolute Gasteiger partial charge is 0.496 e. The molecule has 1 atom stereocenters. The Balaban J connectivity index is 1.04. The number of rotatable bonds is 12. The van der Waals surface area contributed by atoms with E-state index in [1.807, 2.05) is 36.2 Å². The van der Waals surface area contributed by atoms with E-state index in [0.29, 0.717) is 83.9 Å². The number of methoxy groups -OCH3 is 1. The van der Waals surface area contributed by atoms with Gasteiger partial charge in [-0.25, -0.2) is 4.98 Å². The molecule has 0 spiro atoms. The van der Waals surface area contributed by atoms with E-state index in [1.165, 1.54) is 0 Å². The Morgan fingerprint density at radius 3 is 2.58 bits per heavy atom. The van der Waals surface area contributed by atoms with Gasteiger partial charge in [0.25, 0.3) is 5.91 Å². The molecule has 2 aromatic carbocycles. The highest BCUT2D eigenvalue weighted by atomic mass is 35.5. The van der Waals surface area contributed by atoms with E-state index in [9.17, 15) is 19.5 Å². The summed E-state index contributed by atoms with van der Waals surface area (Å²) in [5.74, 6) is 0.674. The standard InChI is InChI=1S/C40H46Cl2N8O5/c1-48-32-13-17-50(40(54)24-11-15-49(16-12-24)18-19-51)23-31(32)46-38(48)39(53)47-30-5-3-4-28(35(30)41)29-10-14-44-37(36(29)42)25-6-7-26(33(20-25)55-2)21-43-22-27-8-9-34(52)45-27/h3-7,10,14,20,24,27,43,51H,8-9,11-13,15-19,21-23H2,1-2H3,(H,45,52)(H,47,53)/t27-/m1/s1. The zero-order chi connectivity index (χ0) is 38.6. The Hall–Kier alpha value is -4.53. The number of ether oxygens (including phenoxy) is 1. The lowest BCUT2D eigenvalue weighted by Gasteiger charge is -2.35. The molecule has 0 bridgehead atoms. The second kappa shape index (κ2) is 17.1. The van der Waals surface area contributed by atoms with Crippen molar-refractivity contribution < 1.29 is 24.2 Å². The lowest BCUT2D eigenvalue weighted by molar-refractivity contribution is -0.138. The Morgan fingerprint density at radius 2 is 1.84 bits per heavy atom. The summed E-state index contributed by atoms with van der Waals surface area (Å²) in [7, 11) is 3.44. The molecule has 4 aromatic rings. The molecule has 7 rings (SSSR count). The molecule has 13 nitrogen and oxygen atoms in total. The van der Waals surface area contributed by atoms with Gasteiger partial charge in [-0.2, -0.15) is 0 Å². The van der Waals surface area contributed by atoms with Crippen LogP contribution in [0.5, 0.6) is 5.75 Å². The van der Waals surface area contributed by atoms with E-state index in [-0.39, 0.29) is 36.2 Å². The molecule has 15 heteroatoms. The second-order valence-electron chi connectivity index (χ2n) is 14.3. The van der Waals surface area contributed by atoms with Gasteiger partial charge in [0.05, 0.1) is 47.4 Å². The van der Waals surface area contributed by atoms with Crippen LogP contribution in [-0.2, 0) is 36.1 Å². The number of carbonyl (C=O) groups is 3. The Labute approximate surface area is 330 Å². The first kappa shape index (κ1) is 38.7. The number of halogens is 2. The molecule has 290 valence electrons. The van der Waals surface area contributed by atoms with Gasteiger partial charge in [0.15, 0.2) is 5.82 Å². The highest BCUT2D eigenvalue weighted by Crippen LogP contribution is 2.41. The Morgan fingerprint density at radius 1 is 1.04 bits per heavy atom. The Bertz CT molecular complexity index is 2080. The zero-order valence-corrected chi connectivity index (χ0v) is 32.5. The molecule has 5 heterocycles. The fraction of sp³-hybridized carbons (Fsp3) is 0.425. The number of hydrogen-bond donors (Lipinski definition) is 4. The van der Waals surface area contributed by atoms with E-state index in [1.54, 1.807) is 36.1 Å². The lowest BCUT2D eigenvalue weighted by Crippen LogP contribution is -2.44. The maximum absolute atomic E-state index is 13.7. The SMILES string of the molecule is COc1cc(-c2nccc(-c3cccc(NC(=O)c4nc5c(n4C)CCN(C(=O)C4CCN(CCO)CC4)C5)c3Cl)c2Cl)ccc1CNC[C@H]1CCC(=O)N1. The number of carbonyl (C=O) groups excluding carboxylic acids is 3. The molecular formula is C40H46Cl2N8O5. The first-order valence-electron chi connectivity index (χ1n) is 18.7. The summed E-state index contributed by atoms with van der Waals surface area (Å²) in [6, 6.07) is 13.1.